The number of rotatable bonds is 4. The van der Waals surface area contributed by atoms with Crippen molar-refractivity contribution < 1.29 is 4.79 Å². The summed E-state index contributed by atoms with van der Waals surface area (Å²) in [5.74, 6) is 1.20. The topological polar surface area (TPSA) is 57.9 Å². The normalized spacial score (nSPS) is 20.3. The first-order valence-electron chi connectivity index (χ1n) is 10.8. The van der Waals surface area contributed by atoms with E-state index in [9.17, 15) is 9.59 Å². The average Bonchev–Trinajstić information content (AvgIpc) is 3.03. The summed E-state index contributed by atoms with van der Waals surface area (Å²) in [6.45, 7) is 9.93. The second kappa shape index (κ2) is 8.74. The molecule has 1 atom stereocenters. The van der Waals surface area contributed by atoms with E-state index >= 15 is 0 Å². The van der Waals surface area contributed by atoms with E-state index < -0.39 is 0 Å². The molecule has 0 saturated carbocycles. The fraction of sp³-hybridized carbons (Fsp3) is 0.478. The van der Waals surface area contributed by atoms with Crippen LogP contribution in [-0.4, -0.2) is 43.6 Å². The van der Waals surface area contributed by atoms with Crippen molar-refractivity contribution in [2.45, 2.75) is 53.0 Å². The van der Waals surface area contributed by atoms with Crippen molar-refractivity contribution in [1.29, 1.82) is 0 Å². The molecule has 2 aromatic heterocycles. The fourth-order valence-corrected chi connectivity index (χ4v) is 5.45. The second-order valence-corrected chi connectivity index (χ2v) is 10.2. The van der Waals surface area contributed by atoms with Gasteiger partial charge < -0.3 is 4.90 Å². The highest BCUT2D eigenvalue weighted by atomic mass is 32.2. The third-order valence-electron chi connectivity index (χ3n) is 6.20. The zero-order valence-electron chi connectivity index (χ0n) is 18.4. The third-order valence-corrected chi connectivity index (χ3v) is 7.53. The molecule has 1 unspecified atom stereocenters. The van der Waals surface area contributed by atoms with Gasteiger partial charge in [-0.2, -0.15) is 0 Å². The van der Waals surface area contributed by atoms with Gasteiger partial charge in [-0.05, 0) is 56.7 Å². The maximum Gasteiger partial charge on any atom is 0.267 e. The van der Waals surface area contributed by atoms with Crippen LogP contribution >= 0.6 is 24.0 Å². The Labute approximate surface area is 192 Å². The number of anilines is 1. The molecule has 0 radical (unpaired) electrons. The fourth-order valence-electron chi connectivity index (χ4n) is 4.01. The SMILES string of the molecule is CCC(C)N1C(=O)/C(=C/c2c(N3CCC(C)CC3)nc3ccc(C)cn3c2=O)SC1=S. The third kappa shape index (κ3) is 4.15. The van der Waals surface area contributed by atoms with Gasteiger partial charge >= 0.3 is 0 Å². The number of amides is 1. The molecule has 2 aromatic rings. The number of carbonyl (C=O) groups excluding carboxylic acids is 1. The van der Waals surface area contributed by atoms with E-state index in [0.717, 1.165) is 37.9 Å². The maximum atomic E-state index is 13.5. The number of aryl methyl sites for hydroxylation is 1. The Morgan fingerprint density at radius 3 is 2.68 bits per heavy atom. The van der Waals surface area contributed by atoms with Gasteiger partial charge in [0, 0.05) is 25.3 Å². The highest BCUT2D eigenvalue weighted by Crippen LogP contribution is 2.35. The minimum atomic E-state index is -0.156. The van der Waals surface area contributed by atoms with Crippen LogP contribution in [0, 0.1) is 12.8 Å². The molecule has 0 spiro atoms. The van der Waals surface area contributed by atoms with E-state index in [-0.39, 0.29) is 17.5 Å². The van der Waals surface area contributed by atoms with Crippen LogP contribution in [0.5, 0.6) is 0 Å². The molecule has 0 aromatic carbocycles. The minimum Gasteiger partial charge on any atom is -0.356 e. The second-order valence-electron chi connectivity index (χ2n) is 8.57. The predicted octanol–water partition coefficient (Wildman–Crippen LogP) is 4.24. The number of aromatic nitrogens is 2. The van der Waals surface area contributed by atoms with Gasteiger partial charge in [-0.15, -0.1) is 0 Å². The molecule has 4 heterocycles. The molecule has 0 N–H and O–H groups in total. The van der Waals surface area contributed by atoms with Crippen molar-refractivity contribution in [3.8, 4) is 0 Å². The van der Waals surface area contributed by atoms with E-state index in [4.69, 9.17) is 17.2 Å². The van der Waals surface area contributed by atoms with Crippen LogP contribution in [0.25, 0.3) is 11.7 Å². The summed E-state index contributed by atoms with van der Waals surface area (Å²) >= 11 is 6.74. The lowest BCUT2D eigenvalue weighted by Gasteiger charge is -2.32. The Balaban J connectivity index is 1.86. The molecule has 2 saturated heterocycles. The summed E-state index contributed by atoms with van der Waals surface area (Å²) < 4.78 is 2.12. The van der Waals surface area contributed by atoms with Crippen LogP contribution in [-0.2, 0) is 4.79 Å². The quantitative estimate of drug-likeness (QED) is 0.507. The van der Waals surface area contributed by atoms with Crippen molar-refractivity contribution in [2.75, 3.05) is 18.0 Å². The lowest BCUT2D eigenvalue weighted by atomic mass is 9.99. The van der Waals surface area contributed by atoms with Crippen LogP contribution in [0.15, 0.2) is 28.0 Å². The highest BCUT2D eigenvalue weighted by Gasteiger charge is 2.35. The number of nitrogens with zero attached hydrogens (tertiary/aromatic N) is 4. The lowest BCUT2D eigenvalue weighted by Crippen LogP contribution is -2.36. The number of thioether (sulfide) groups is 1. The molecule has 164 valence electrons. The van der Waals surface area contributed by atoms with Gasteiger partial charge in [0.05, 0.1) is 10.5 Å². The number of thiocarbonyl (C=S) groups is 1. The highest BCUT2D eigenvalue weighted by molar-refractivity contribution is 8.26. The summed E-state index contributed by atoms with van der Waals surface area (Å²) in [5.41, 5.74) is 1.90. The van der Waals surface area contributed by atoms with Crippen LogP contribution < -0.4 is 10.5 Å². The van der Waals surface area contributed by atoms with Gasteiger partial charge in [-0.1, -0.05) is 43.9 Å². The van der Waals surface area contributed by atoms with E-state index in [1.807, 2.05) is 32.9 Å². The molecule has 0 aliphatic carbocycles. The summed E-state index contributed by atoms with van der Waals surface area (Å²) in [6.07, 6.45) is 6.44. The minimum absolute atomic E-state index is 0.0277. The molecule has 6 nitrogen and oxygen atoms in total. The molecular weight excluding hydrogens is 428 g/mol. The molecule has 31 heavy (non-hydrogen) atoms. The first kappa shape index (κ1) is 22.0. The van der Waals surface area contributed by atoms with Gasteiger partial charge in [-0.3, -0.25) is 18.9 Å². The monoisotopic (exact) mass is 456 g/mol. The van der Waals surface area contributed by atoms with Gasteiger partial charge in [0.2, 0.25) is 0 Å². The van der Waals surface area contributed by atoms with Gasteiger partial charge in [-0.25, -0.2) is 4.98 Å². The first-order chi connectivity index (χ1) is 14.8. The molecule has 2 fully saturated rings. The van der Waals surface area contributed by atoms with E-state index in [2.05, 4.69) is 11.8 Å². The Morgan fingerprint density at radius 1 is 1.29 bits per heavy atom. The Bertz CT molecular complexity index is 1130. The van der Waals surface area contributed by atoms with Crippen molar-refractivity contribution >= 4 is 51.7 Å². The summed E-state index contributed by atoms with van der Waals surface area (Å²) in [4.78, 5) is 35.8. The van der Waals surface area contributed by atoms with E-state index in [1.54, 1.807) is 21.6 Å². The molecule has 2 aliphatic rings. The number of fused-ring (bicyclic) bond motifs is 1. The van der Waals surface area contributed by atoms with Crippen LogP contribution in [0.3, 0.4) is 0 Å². The number of piperidine rings is 1. The van der Waals surface area contributed by atoms with Crippen LogP contribution in [0.1, 0.15) is 51.2 Å². The Morgan fingerprint density at radius 2 is 2.00 bits per heavy atom. The van der Waals surface area contributed by atoms with Gasteiger partial charge in [0.1, 0.15) is 15.8 Å². The lowest BCUT2D eigenvalue weighted by molar-refractivity contribution is -0.123. The van der Waals surface area contributed by atoms with Gasteiger partial charge in [0.15, 0.2) is 0 Å². The largest absolute Gasteiger partial charge is 0.356 e. The van der Waals surface area contributed by atoms with Crippen molar-refractivity contribution in [1.82, 2.24) is 14.3 Å². The Hall–Kier alpha value is -2.19. The zero-order valence-corrected chi connectivity index (χ0v) is 20.1. The van der Waals surface area contributed by atoms with E-state index in [0.29, 0.717) is 32.2 Å². The van der Waals surface area contributed by atoms with Gasteiger partial charge in [0.25, 0.3) is 11.5 Å². The molecule has 2 aliphatic heterocycles. The molecule has 8 heteroatoms. The number of pyridine rings is 1. The molecular formula is C23H28N4O2S2. The average molecular weight is 457 g/mol. The number of hydrogen-bond donors (Lipinski definition) is 0. The molecule has 4 rings (SSSR count). The number of carbonyl (C=O) groups is 1. The smallest absolute Gasteiger partial charge is 0.267 e. The predicted molar refractivity (Wildman–Crippen MR) is 132 cm³/mol. The molecule has 1 amide bonds. The van der Waals surface area contributed by atoms with Crippen molar-refractivity contribution in [2.24, 2.45) is 5.92 Å². The summed E-state index contributed by atoms with van der Waals surface area (Å²) in [6, 6.07) is 3.86. The summed E-state index contributed by atoms with van der Waals surface area (Å²) in [7, 11) is 0. The molecule has 0 bridgehead atoms. The summed E-state index contributed by atoms with van der Waals surface area (Å²) in [5, 5.41) is 0. The first-order valence-corrected chi connectivity index (χ1v) is 12.1. The number of hydrogen-bond acceptors (Lipinski definition) is 6. The van der Waals surface area contributed by atoms with Crippen molar-refractivity contribution in [3.05, 3.63) is 44.7 Å². The van der Waals surface area contributed by atoms with Crippen LogP contribution in [0.4, 0.5) is 5.82 Å². The van der Waals surface area contributed by atoms with Crippen molar-refractivity contribution in [3.63, 3.8) is 0 Å². The standard InChI is InChI=1S/C23H28N4O2S2/c1-5-16(4)27-22(29)18(31-23(27)30)12-17-20(25-10-8-14(2)9-11-25)24-19-7-6-15(3)13-26(19)21(17)28/h6-7,12-14,16H,5,8-11H2,1-4H3/b18-12-. The maximum absolute atomic E-state index is 13.5. The Kier molecular flexibility index (Phi) is 6.21. The van der Waals surface area contributed by atoms with E-state index in [1.165, 1.54) is 11.8 Å². The van der Waals surface area contributed by atoms with Crippen LogP contribution in [0.2, 0.25) is 0 Å². The zero-order chi connectivity index (χ0) is 22.3.